The van der Waals surface area contributed by atoms with Crippen LogP contribution in [0.3, 0.4) is 0 Å². The van der Waals surface area contributed by atoms with Crippen LogP contribution in [0.15, 0.2) is 53.2 Å². The maximum atomic E-state index is 13.6. The molecule has 0 saturated heterocycles. The summed E-state index contributed by atoms with van der Waals surface area (Å²) in [7, 11) is 1.84. The molecular formula is C16H15ClFN7. The molecule has 2 aliphatic heterocycles. The smallest absolute Gasteiger partial charge is 0.123 e. The molecular weight excluding hydrogens is 345 g/mol. The second kappa shape index (κ2) is 5.91. The van der Waals surface area contributed by atoms with E-state index in [4.69, 9.17) is 17.4 Å². The number of halogens is 2. The minimum atomic E-state index is -0.338. The molecule has 4 rings (SSSR count). The van der Waals surface area contributed by atoms with Crippen LogP contribution < -0.4 is 11.3 Å². The summed E-state index contributed by atoms with van der Waals surface area (Å²) < 4.78 is 15.3. The van der Waals surface area contributed by atoms with Gasteiger partial charge in [0.25, 0.3) is 0 Å². The molecule has 3 N–H and O–H groups in total. The molecule has 2 aromatic rings. The molecule has 25 heavy (non-hydrogen) atoms. The van der Waals surface area contributed by atoms with Gasteiger partial charge in [-0.1, -0.05) is 11.6 Å². The van der Waals surface area contributed by atoms with Crippen molar-refractivity contribution in [1.29, 1.82) is 0 Å². The first-order valence-electron chi connectivity index (χ1n) is 7.52. The standard InChI is InChI=1S/C16H15ClFN7/c1-23-6-11(5-21-23)15-16-14(8-24(19)9-20-16)25(22-15)7-10-4-12(18)2-3-13(10)17/h2-6,8-9,22H,7,19H2,1H3. The molecule has 0 bridgehead atoms. The molecule has 0 amide bonds. The first-order chi connectivity index (χ1) is 12.0. The summed E-state index contributed by atoms with van der Waals surface area (Å²) in [6.07, 6.45) is 6.90. The number of hydrogen-bond donors (Lipinski definition) is 2. The second-order valence-corrected chi connectivity index (χ2v) is 6.17. The van der Waals surface area contributed by atoms with E-state index in [2.05, 4.69) is 15.5 Å². The van der Waals surface area contributed by atoms with Crippen molar-refractivity contribution in [3.05, 3.63) is 70.2 Å². The highest BCUT2D eigenvalue weighted by atomic mass is 35.5. The van der Waals surface area contributed by atoms with Crippen molar-refractivity contribution in [1.82, 2.24) is 25.2 Å². The quantitative estimate of drug-likeness (QED) is 0.819. The van der Waals surface area contributed by atoms with Crippen LogP contribution in [0.5, 0.6) is 0 Å². The Morgan fingerprint density at radius 1 is 1.36 bits per heavy atom. The number of nitrogens with one attached hydrogen (secondary N) is 1. The van der Waals surface area contributed by atoms with Gasteiger partial charge in [0.2, 0.25) is 0 Å². The molecule has 0 fully saturated rings. The minimum Gasteiger partial charge on any atom is -0.295 e. The Kier molecular flexibility index (Phi) is 3.70. The van der Waals surface area contributed by atoms with Gasteiger partial charge in [-0.05, 0) is 23.8 Å². The van der Waals surface area contributed by atoms with Gasteiger partial charge < -0.3 is 0 Å². The van der Waals surface area contributed by atoms with Crippen LogP contribution >= 0.6 is 11.6 Å². The van der Waals surface area contributed by atoms with Crippen LogP contribution in [0.4, 0.5) is 4.39 Å². The van der Waals surface area contributed by atoms with Gasteiger partial charge in [-0.3, -0.25) is 20.1 Å². The Labute approximate surface area is 148 Å². The van der Waals surface area contributed by atoms with E-state index in [0.29, 0.717) is 17.1 Å². The van der Waals surface area contributed by atoms with Crippen molar-refractivity contribution in [3.8, 4) is 0 Å². The predicted octanol–water partition coefficient (Wildman–Crippen LogP) is 1.96. The zero-order valence-corrected chi connectivity index (χ0v) is 14.1. The second-order valence-electron chi connectivity index (χ2n) is 5.77. The molecule has 9 heteroatoms. The van der Waals surface area contributed by atoms with Gasteiger partial charge in [-0.2, -0.15) is 5.10 Å². The Morgan fingerprint density at radius 2 is 2.20 bits per heavy atom. The molecule has 0 unspecified atom stereocenters. The van der Waals surface area contributed by atoms with E-state index >= 15 is 0 Å². The predicted molar refractivity (Wildman–Crippen MR) is 92.8 cm³/mol. The Balaban J connectivity index is 1.70. The first kappa shape index (κ1) is 15.7. The molecule has 128 valence electrons. The van der Waals surface area contributed by atoms with Crippen molar-refractivity contribution < 1.29 is 4.39 Å². The number of aromatic nitrogens is 2. The fraction of sp³-hybridized carbons (Fsp3) is 0.125. The normalized spacial score (nSPS) is 16.2. The first-order valence-corrected chi connectivity index (χ1v) is 7.90. The van der Waals surface area contributed by atoms with E-state index in [1.807, 2.05) is 18.3 Å². The monoisotopic (exact) mass is 359 g/mol. The molecule has 2 aliphatic rings. The van der Waals surface area contributed by atoms with Gasteiger partial charge in [0.05, 0.1) is 18.4 Å². The summed E-state index contributed by atoms with van der Waals surface area (Å²) in [5.41, 5.74) is 7.14. The van der Waals surface area contributed by atoms with E-state index < -0.39 is 0 Å². The van der Waals surface area contributed by atoms with Gasteiger partial charge in [-0.15, -0.1) is 0 Å². The summed E-state index contributed by atoms with van der Waals surface area (Å²) >= 11 is 6.20. The van der Waals surface area contributed by atoms with Crippen molar-refractivity contribution in [3.63, 3.8) is 0 Å². The number of nitrogens with two attached hydrogens (primary N) is 1. The average molecular weight is 360 g/mol. The van der Waals surface area contributed by atoms with Crippen LogP contribution in [0, 0.1) is 5.82 Å². The van der Waals surface area contributed by atoms with E-state index in [1.165, 1.54) is 23.5 Å². The van der Waals surface area contributed by atoms with Crippen LogP contribution in [-0.4, -0.2) is 26.1 Å². The molecule has 1 aromatic carbocycles. The number of nitrogens with zero attached hydrogens (tertiary/aromatic N) is 5. The molecule has 0 atom stereocenters. The maximum Gasteiger partial charge on any atom is 0.123 e. The van der Waals surface area contributed by atoms with Crippen molar-refractivity contribution in [2.75, 3.05) is 0 Å². The number of aliphatic imine (C=N–C) groups is 1. The van der Waals surface area contributed by atoms with Crippen LogP contribution in [0.25, 0.3) is 5.70 Å². The molecule has 0 aliphatic carbocycles. The van der Waals surface area contributed by atoms with Crippen molar-refractivity contribution in [2.45, 2.75) is 6.54 Å². The molecule has 1 aromatic heterocycles. The van der Waals surface area contributed by atoms with E-state index in [0.717, 1.165) is 22.7 Å². The number of aryl methyl sites for hydroxylation is 1. The lowest BCUT2D eigenvalue weighted by molar-refractivity contribution is 0.302. The molecule has 0 radical (unpaired) electrons. The SMILES string of the molecule is Cn1cc(C2=C3N=CN(N)C=C3N(Cc3cc(F)ccc3Cl)N2)cn1. The summed E-state index contributed by atoms with van der Waals surface area (Å²) in [4.78, 5) is 4.41. The number of hydrazine groups is 2. The van der Waals surface area contributed by atoms with Gasteiger partial charge in [-0.25, -0.2) is 15.2 Å². The average Bonchev–Trinajstić information content (AvgIpc) is 3.15. The van der Waals surface area contributed by atoms with Crippen LogP contribution in [-0.2, 0) is 13.6 Å². The number of hydrogen-bond acceptors (Lipinski definition) is 6. The van der Waals surface area contributed by atoms with Crippen LogP contribution in [0.2, 0.25) is 5.02 Å². The number of rotatable bonds is 3. The van der Waals surface area contributed by atoms with Crippen molar-refractivity contribution >= 4 is 23.6 Å². The van der Waals surface area contributed by atoms with E-state index in [1.54, 1.807) is 23.1 Å². The topological polar surface area (TPSA) is 74.7 Å². The summed E-state index contributed by atoms with van der Waals surface area (Å²) in [6.45, 7) is 0.346. The molecule has 0 saturated carbocycles. The van der Waals surface area contributed by atoms with Gasteiger partial charge in [0.15, 0.2) is 0 Å². The van der Waals surface area contributed by atoms with E-state index in [9.17, 15) is 4.39 Å². The van der Waals surface area contributed by atoms with Gasteiger partial charge >= 0.3 is 0 Å². The highest BCUT2D eigenvalue weighted by molar-refractivity contribution is 6.31. The zero-order valence-electron chi connectivity index (χ0n) is 13.3. The summed E-state index contributed by atoms with van der Waals surface area (Å²) in [6, 6.07) is 4.29. The third-order valence-corrected chi connectivity index (χ3v) is 4.31. The zero-order chi connectivity index (χ0) is 17.6. The fourth-order valence-electron chi connectivity index (χ4n) is 2.78. The lowest BCUT2D eigenvalue weighted by Crippen LogP contribution is -2.33. The van der Waals surface area contributed by atoms with E-state index in [-0.39, 0.29) is 5.82 Å². The van der Waals surface area contributed by atoms with Gasteiger partial charge in [0, 0.05) is 30.0 Å². The number of benzene rings is 1. The Bertz CT molecular complexity index is 930. The van der Waals surface area contributed by atoms with Crippen LogP contribution in [0.1, 0.15) is 11.1 Å². The number of fused-ring (bicyclic) bond motifs is 1. The summed E-state index contributed by atoms with van der Waals surface area (Å²) in [5.74, 6) is 5.48. The summed E-state index contributed by atoms with van der Waals surface area (Å²) in [5, 5.41) is 7.88. The largest absolute Gasteiger partial charge is 0.295 e. The third kappa shape index (κ3) is 2.86. The highest BCUT2D eigenvalue weighted by Crippen LogP contribution is 2.34. The highest BCUT2D eigenvalue weighted by Gasteiger charge is 2.30. The van der Waals surface area contributed by atoms with Gasteiger partial charge in [0.1, 0.15) is 23.5 Å². The Morgan fingerprint density at radius 3 is 2.96 bits per heavy atom. The van der Waals surface area contributed by atoms with Crippen molar-refractivity contribution in [2.24, 2.45) is 17.9 Å². The lowest BCUT2D eigenvalue weighted by Gasteiger charge is -2.24. The lowest BCUT2D eigenvalue weighted by atomic mass is 10.2. The fourth-order valence-corrected chi connectivity index (χ4v) is 2.95. The molecule has 7 nitrogen and oxygen atoms in total. The molecule has 3 heterocycles. The molecule has 0 spiro atoms. The minimum absolute atomic E-state index is 0.338. The maximum absolute atomic E-state index is 13.6. The Hall–Kier alpha value is -2.84. The third-order valence-electron chi connectivity index (χ3n) is 3.94.